The van der Waals surface area contributed by atoms with Gasteiger partial charge in [-0.05, 0) is 30.9 Å². The van der Waals surface area contributed by atoms with Gasteiger partial charge in [0.2, 0.25) is 0 Å². The molecule has 1 aromatic heterocycles. The quantitative estimate of drug-likeness (QED) is 0.840. The van der Waals surface area contributed by atoms with E-state index in [4.69, 9.17) is 0 Å². The number of hydrogen-bond donors (Lipinski definition) is 1. The highest BCUT2D eigenvalue weighted by atomic mass is 19.4. The first kappa shape index (κ1) is 10.3. The molecule has 15 heavy (non-hydrogen) atoms. The Morgan fingerprint density at radius 1 is 1.33 bits per heavy atom. The lowest BCUT2D eigenvalue weighted by Crippen LogP contribution is -2.11. The van der Waals surface area contributed by atoms with Crippen molar-refractivity contribution >= 4 is 5.82 Å². The van der Waals surface area contributed by atoms with Crippen molar-refractivity contribution in [2.45, 2.75) is 19.0 Å². The molecule has 0 radical (unpaired) electrons. The van der Waals surface area contributed by atoms with Gasteiger partial charge in [0.25, 0.3) is 0 Å². The first-order chi connectivity index (χ1) is 7.05. The van der Waals surface area contributed by atoms with Crippen LogP contribution < -0.4 is 5.32 Å². The number of nitrogens with zero attached hydrogens (tertiary/aromatic N) is 1. The molecule has 0 amide bonds. The van der Waals surface area contributed by atoms with E-state index in [1.54, 1.807) is 6.07 Å². The van der Waals surface area contributed by atoms with E-state index in [0.717, 1.165) is 18.9 Å². The second kappa shape index (κ2) is 3.72. The normalized spacial score (nSPS) is 16.5. The van der Waals surface area contributed by atoms with E-state index in [0.29, 0.717) is 18.3 Å². The Labute approximate surface area is 85.5 Å². The van der Waals surface area contributed by atoms with Gasteiger partial charge in [0, 0.05) is 6.54 Å². The van der Waals surface area contributed by atoms with Crippen molar-refractivity contribution in [3.8, 4) is 0 Å². The van der Waals surface area contributed by atoms with Crippen LogP contribution in [0.25, 0.3) is 0 Å². The Bertz CT molecular complexity index is 345. The average molecular weight is 216 g/mol. The number of hydrogen-bond acceptors (Lipinski definition) is 2. The van der Waals surface area contributed by atoms with Crippen LogP contribution in [0, 0.1) is 5.92 Å². The van der Waals surface area contributed by atoms with Crippen molar-refractivity contribution in [1.29, 1.82) is 0 Å². The monoisotopic (exact) mass is 216 g/mol. The van der Waals surface area contributed by atoms with E-state index in [1.165, 1.54) is 6.07 Å². The van der Waals surface area contributed by atoms with Crippen LogP contribution in [0.15, 0.2) is 18.2 Å². The van der Waals surface area contributed by atoms with Crippen molar-refractivity contribution in [3.63, 3.8) is 0 Å². The van der Waals surface area contributed by atoms with Gasteiger partial charge in [-0.15, -0.1) is 0 Å². The number of nitrogens with one attached hydrogen (secondary N) is 1. The zero-order valence-corrected chi connectivity index (χ0v) is 8.01. The summed E-state index contributed by atoms with van der Waals surface area (Å²) < 4.78 is 36.9. The van der Waals surface area contributed by atoms with Crippen molar-refractivity contribution in [2.75, 3.05) is 11.9 Å². The Balaban J connectivity index is 2.04. The highest BCUT2D eigenvalue weighted by molar-refractivity contribution is 5.36. The summed E-state index contributed by atoms with van der Waals surface area (Å²) in [7, 11) is 0. The fourth-order valence-electron chi connectivity index (χ4n) is 1.26. The molecule has 0 saturated heterocycles. The maximum absolute atomic E-state index is 12.3. The van der Waals surface area contributed by atoms with Crippen molar-refractivity contribution in [1.82, 2.24) is 4.98 Å². The molecule has 0 spiro atoms. The summed E-state index contributed by atoms with van der Waals surface area (Å²) in [6.07, 6.45) is -2.05. The van der Waals surface area contributed by atoms with Crippen LogP contribution in [0.2, 0.25) is 0 Å². The summed E-state index contributed by atoms with van der Waals surface area (Å²) in [5, 5.41) is 2.91. The molecule has 1 aliphatic rings. The lowest BCUT2D eigenvalue weighted by atomic mass is 10.3. The number of rotatable bonds is 3. The molecule has 0 aliphatic heterocycles. The zero-order valence-electron chi connectivity index (χ0n) is 8.01. The Morgan fingerprint density at radius 3 is 2.67 bits per heavy atom. The van der Waals surface area contributed by atoms with Crippen molar-refractivity contribution in [3.05, 3.63) is 23.9 Å². The highest BCUT2D eigenvalue weighted by Crippen LogP contribution is 2.30. The van der Waals surface area contributed by atoms with E-state index in [9.17, 15) is 13.2 Å². The number of halogens is 3. The fourth-order valence-corrected chi connectivity index (χ4v) is 1.26. The molecule has 2 rings (SSSR count). The van der Waals surface area contributed by atoms with Crippen molar-refractivity contribution < 1.29 is 13.2 Å². The van der Waals surface area contributed by atoms with Crippen LogP contribution in [0.5, 0.6) is 0 Å². The first-order valence-corrected chi connectivity index (χ1v) is 4.84. The molecule has 1 heterocycles. The molecule has 0 atom stereocenters. The maximum atomic E-state index is 12.3. The van der Waals surface area contributed by atoms with E-state index in [1.807, 2.05) is 0 Å². The molecule has 1 aliphatic carbocycles. The minimum absolute atomic E-state index is 0.303. The summed E-state index contributed by atoms with van der Waals surface area (Å²) in [6.45, 7) is 0.717. The minimum Gasteiger partial charge on any atom is -0.370 e. The molecule has 5 heteroatoms. The topological polar surface area (TPSA) is 24.9 Å². The number of anilines is 1. The summed E-state index contributed by atoms with van der Waals surface area (Å²) in [6, 6.07) is 3.89. The van der Waals surface area contributed by atoms with Gasteiger partial charge in [-0.2, -0.15) is 13.2 Å². The zero-order chi connectivity index (χ0) is 10.9. The third-order valence-electron chi connectivity index (χ3n) is 2.31. The number of pyridine rings is 1. The van der Waals surface area contributed by atoms with Gasteiger partial charge in [0.15, 0.2) is 0 Å². The second-order valence-electron chi connectivity index (χ2n) is 3.73. The Hall–Kier alpha value is -1.26. The minimum atomic E-state index is -4.36. The smallest absolute Gasteiger partial charge is 0.370 e. The van der Waals surface area contributed by atoms with E-state index < -0.39 is 11.9 Å². The van der Waals surface area contributed by atoms with Crippen LogP contribution in [-0.4, -0.2) is 11.5 Å². The molecule has 82 valence electrons. The van der Waals surface area contributed by atoms with Crippen molar-refractivity contribution in [2.24, 2.45) is 5.92 Å². The van der Waals surface area contributed by atoms with Crippen LogP contribution >= 0.6 is 0 Å². The molecular formula is C10H11F3N2. The van der Waals surface area contributed by atoms with Gasteiger partial charge in [0.1, 0.15) is 11.5 Å². The summed E-state index contributed by atoms with van der Waals surface area (Å²) in [5.74, 6) is 0.915. The van der Waals surface area contributed by atoms with E-state index in [2.05, 4.69) is 10.3 Å². The van der Waals surface area contributed by atoms with Gasteiger partial charge < -0.3 is 5.32 Å². The summed E-state index contributed by atoms with van der Waals surface area (Å²) in [5.41, 5.74) is -0.844. The third kappa shape index (κ3) is 2.84. The third-order valence-corrected chi connectivity index (χ3v) is 2.31. The predicted molar refractivity (Wildman–Crippen MR) is 50.5 cm³/mol. The molecular weight excluding hydrogens is 205 g/mol. The molecule has 1 aromatic rings. The van der Waals surface area contributed by atoms with Crippen LogP contribution in [-0.2, 0) is 6.18 Å². The van der Waals surface area contributed by atoms with Gasteiger partial charge in [-0.3, -0.25) is 0 Å². The number of alkyl halides is 3. The second-order valence-corrected chi connectivity index (χ2v) is 3.73. The molecule has 1 saturated carbocycles. The van der Waals surface area contributed by atoms with Crippen LogP contribution in [0.1, 0.15) is 18.5 Å². The summed E-state index contributed by atoms with van der Waals surface area (Å²) in [4.78, 5) is 3.51. The first-order valence-electron chi connectivity index (χ1n) is 4.84. The fraction of sp³-hybridized carbons (Fsp3) is 0.500. The molecule has 2 nitrogen and oxygen atoms in total. The van der Waals surface area contributed by atoms with Gasteiger partial charge in [-0.1, -0.05) is 6.07 Å². The van der Waals surface area contributed by atoms with Gasteiger partial charge in [-0.25, -0.2) is 4.98 Å². The maximum Gasteiger partial charge on any atom is 0.433 e. The molecule has 1 N–H and O–H groups in total. The van der Waals surface area contributed by atoms with E-state index >= 15 is 0 Å². The molecule has 1 fully saturated rings. The average Bonchev–Trinajstić information content (AvgIpc) is 2.97. The SMILES string of the molecule is FC(F)(F)c1cccc(NCC2CC2)n1. The van der Waals surface area contributed by atoms with Gasteiger partial charge >= 0.3 is 6.18 Å². The van der Waals surface area contributed by atoms with Gasteiger partial charge in [0.05, 0.1) is 0 Å². The van der Waals surface area contributed by atoms with Crippen LogP contribution in [0.4, 0.5) is 19.0 Å². The standard InChI is InChI=1S/C10H11F3N2/c11-10(12,13)8-2-1-3-9(15-8)14-6-7-4-5-7/h1-3,7H,4-6H2,(H,14,15). The van der Waals surface area contributed by atoms with Crippen LogP contribution in [0.3, 0.4) is 0 Å². The predicted octanol–water partition coefficient (Wildman–Crippen LogP) is 2.92. The Kier molecular flexibility index (Phi) is 2.54. The molecule has 0 unspecified atom stereocenters. The molecule has 0 aromatic carbocycles. The number of aromatic nitrogens is 1. The summed E-state index contributed by atoms with van der Waals surface area (Å²) >= 11 is 0. The largest absolute Gasteiger partial charge is 0.433 e. The highest BCUT2D eigenvalue weighted by Gasteiger charge is 2.32. The van der Waals surface area contributed by atoms with E-state index in [-0.39, 0.29) is 0 Å². The Morgan fingerprint density at radius 2 is 2.07 bits per heavy atom. The lowest BCUT2D eigenvalue weighted by molar-refractivity contribution is -0.141. The lowest BCUT2D eigenvalue weighted by Gasteiger charge is -2.08. The molecule has 0 bridgehead atoms.